The maximum Gasteiger partial charge on any atom is 0.227 e. The topological polar surface area (TPSA) is 114 Å². The minimum atomic E-state index is -0.0908. The number of carbonyl (C=O) groups excluding carboxylic acids is 1. The highest BCUT2D eigenvalue weighted by molar-refractivity contribution is 5.79. The van der Waals surface area contributed by atoms with Gasteiger partial charge in [-0.15, -0.1) is 0 Å². The molecular weight excluding hydrogens is 444 g/mol. The number of aromatic hydroxyl groups is 1. The minimum Gasteiger partial charge on any atom is -0.508 e. The third kappa shape index (κ3) is 6.68. The molecule has 0 heterocycles. The fourth-order valence-electron chi connectivity index (χ4n) is 3.68. The Balaban J connectivity index is 1.98. The molecule has 3 aromatic rings. The van der Waals surface area contributed by atoms with Crippen molar-refractivity contribution in [2.75, 3.05) is 27.8 Å². The van der Waals surface area contributed by atoms with E-state index < -0.39 is 0 Å². The fourth-order valence-corrected chi connectivity index (χ4v) is 3.68. The molecule has 0 aliphatic rings. The Morgan fingerprint density at radius 1 is 0.971 bits per heavy atom. The number of amides is 1. The molecule has 5 N–H and O–H groups in total. The summed E-state index contributed by atoms with van der Waals surface area (Å²) in [5.74, 6) is 7.47. The van der Waals surface area contributed by atoms with Gasteiger partial charge in [-0.2, -0.15) is 0 Å². The van der Waals surface area contributed by atoms with E-state index in [-0.39, 0.29) is 31.2 Å². The van der Waals surface area contributed by atoms with Crippen molar-refractivity contribution in [1.82, 2.24) is 9.91 Å². The second-order valence-corrected chi connectivity index (χ2v) is 8.11. The molecule has 0 aromatic heterocycles. The maximum atomic E-state index is 13.5. The van der Waals surface area contributed by atoms with E-state index in [2.05, 4.69) is 0 Å². The highest BCUT2D eigenvalue weighted by atomic mass is 16.5. The van der Waals surface area contributed by atoms with Crippen LogP contribution in [0, 0.1) is 0 Å². The number of hydrazine groups is 1. The van der Waals surface area contributed by atoms with Crippen molar-refractivity contribution in [3.05, 3.63) is 95.2 Å². The Bertz CT molecular complexity index is 1160. The quantitative estimate of drug-likeness (QED) is 0.304. The first-order valence-electron chi connectivity index (χ1n) is 11.1. The second kappa shape index (κ2) is 11.8. The molecule has 0 bridgehead atoms. The first-order chi connectivity index (χ1) is 16.8. The van der Waals surface area contributed by atoms with E-state index in [4.69, 9.17) is 21.1 Å². The molecule has 1 amide bonds. The molecular formula is C27H32N4O4. The van der Waals surface area contributed by atoms with Crippen LogP contribution < -0.4 is 21.1 Å². The number of nitrogens with two attached hydrogens (primary N) is 2. The number of hydrogen-bond acceptors (Lipinski definition) is 7. The predicted octanol–water partition coefficient (Wildman–Crippen LogP) is 3.11. The van der Waals surface area contributed by atoms with Gasteiger partial charge >= 0.3 is 0 Å². The van der Waals surface area contributed by atoms with Crippen molar-refractivity contribution in [3.8, 4) is 17.2 Å². The van der Waals surface area contributed by atoms with Gasteiger partial charge in [0.05, 0.1) is 38.6 Å². The monoisotopic (exact) mass is 476 g/mol. The van der Waals surface area contributed by atoms with Crippen LogP contribution in [0.5, 0.6) is 17.2 Å². The lowest BCUT2D eigenvalue weighted by Crippen LogP contribution is -2.40. The van der Waals surface area contributed by atoms with E-state index in [0.717, 1.165) is 11.1 Å². The van der Waals surface area contributed by atoms with Crippen molar-refractivity contribution in [1.29, 1.82) is 0 Å². The van der Waals surface area contributed by atoms with E-state index in [1.54, 1.807) is 56.5 Å². The molecule has 0 fully saturated rings. The number of rotatable bonds is 10. The molecule has 184 valence electrons. The molecule has 0 aliphatic carbocycles. The second-order valence-electron chi connectivity index (χ2n) is 8.11. The van der Waals surface area contributed by atoms with Crippen molar-refractivity contribution >= 4 is 11.6 Å². The van der Waals surface area contributed by atoms with Gasteiger partial charge in [0.15, 0.2) is 0 Å². The fraction of sp³-hybridized carbons (Fsp3) is 0.222. The maximum absolute atomic E-state index is 13.5. The predicted molar refractivity (Wildman–Crippen MR) is 136 cm³/mol. The van der Waals surface area contributed by atoms with Crippen LogP contribution in [0.3, 0.4) is 0 Å². The molecule has 0 aliphatic heterocycles. The van der Waals surface area contributed by atoms with E-state index in [0.29, 0.717) is 28.5 Å². The van der Waals surface area contributed by atoms with Crippen molar-refractivity contribution in [2.24, 2.45) is 11.6 Å². The highest BCUT2D eigenvalue weighted by Crippen LogP contribution is 2.27. The number of carbonyl (C=O) groups is 1. The summed E-state index contributed by atoms with van der Waals surface area (Å²) in [5, 5.41) is 11.0. The van der Waals surface area contributed by atoms with Crippen LogP contribution in [0.2, 0.25) is 0 Å². The lowest BCUT2D eigenvalue weighted by molar-refractivity contribution is -0.130. The average Bonchev–Trinajstić information content (AvgIpc) is 2.86. The van der Waals surface area contributed by atoms with Crippen LogP contribution in [0.25, 0.3) is 5.70 Å². The van der Waals surface area contributed by atoms with Crippen LogP contribution in [0.15, 0.2) is 78.5 Å². The largest absolute Gasteiger partial charge is 0.508 e. The van der Waals surface area contributed by atoms with E-state index in [9.17, 15) is 9.90 Å². The number of phenols is 1. The Kier molecular flexibility index (Phi) is 8.58. The first-order valence-corrected chi connectivity index (χ1v) is 11.1. The van der Waals surface area contributed by atoms with Crippen molar-refractivity contribution in [2.45, 2.75) is 13.0 Å². The van der Waals surface area contributed by atoms with Crippen molar-refractivity contribution in [3.63, 3.8) is 0 Å². The summed E-state index contributed by atoms with van der Waals surface area (Å²) < 4.78 is 10.9. The van der Waals surface area contributed by atoms with Gasteiger partial charge in [0.25, 0.3) is 0 Å². The van der Waals surface area contributed by atoms with Crippen LogP contribution in [-0.4, -0.2) is 48.7 Å². The van der Waals surface area contributed by atoms with E-state index in [1.807, 2.05) is 42.5 Å². The zero-order chi connectivity index (χ0) is 25.4. The summed E-state index contributed by atoms with van der Waals surface area (Å²) >= 11 is 0. The third-order valence-corrected chi connectivity index (χ3v) is 5.66. The average molecular weight is 477 g/mol. The van der Waals surface area contributed by atoms with E-state index in [1.165, 1.54) is 5.01 Å². The summed E-state index contributed by atoms with van der Waals surface area (Å²) in [6.07, 6.45) is 0.222. The number of nitrogens with zero attached hydrogens (tertiary/aromatic N) is 2. The molecule has 8 nitrogen and oxygen atoms in total. The summed E-state index contributed by atoms with van der Waals surface area (Å²) in [6, 6.07) is 21.6. The van der Waals surface area contributed by atoms with Crippen LogP contribution in [0.1, 0.15) is 16.7 Å². The van der Waals surface area contributed by atoms with Gasteiger partial charge in [0, 0.05) is 25.2 Å². The molecule has 0 saturated carbocycles. The molecule has 0 spiro atoms. The summed E-state index contributed by atoms with van der Waals surface area (Å²) in [5.41, 5.74) is 9.86. The highest BCUT2D eigenvalue weighted by Gasteiger charge is 2.21. The van der Waals surface area contributed by atoms with Crippen LogP contribution in [0.4, 0.5) is 0 Å². The number of likely N-dealkylation sites (N-methyl/N-ethyl adjacent to an activating group) is 1. The summed E-state index contributed by atoms with van der Waals surface area (Å²) in [7, 11) is 4.84. The van der Waals surface area contributed by atoms with Gasteiger partial charge in [0.2, 0.25) is 5.91 Å². The number of methoxy groups -OCH3 is 2. The Hall–Kier alpha value is -4.17. The van der Waals surface area contributed by atoms with Crippen molar-refractivity contribution < 1.29 is 19.4 Å². The first kappa shape index (κ1) is 25.5. The lowest BCUT2D eigenvalue weighted by atomic mass is 10.1. The van der Waals surface area contributed by atoms with Gasteiger partial charge in [-0.3, -0.25) is 4.79 Å². The number of benzene rings is 3. The number of hydrogen-bond donors (Lipinski definition) is 3. The van der Waals surface area contributed by atoms with Crippen LogP contribution in [-0.2, 0) is 17.8 Å². The normalized spacial score (nSPS) is 11.4. The Morgan fingerprint density at radius 3 is 2.26 bits per heavy atom. The third-order valence-electron chi connectivity index (χ3n) is 5.66. The number of phenolic OH excluding ortho intramolecular Hbond substituents is 1. The Morgan fingerprint density at radius 2 is 1.66 bits per heavy atom. The SMILES string of the molecule is COc1ccc(CN(C/C(=C(/N)c2ccc(O)cc2)N(C)N)C(=O)Cc2ccccc2)c(OC)c1. The molecule has 0 radical (unpaired) electrons. The standard InChI is InChI=1S/C27H32N4O4/c1-30(29)24(27(28)20-9-12-22(32)13-10-20)18-31(26(33)15-19-7-5-4-6-8-19)17-21-11-14-23(34-2)16-25(21)35-3/h4-14,16,32H,15,17-18,28-29H2,1-3H3/b27-24-. The van der Waals surface area contributed by atoms with E-state index >= 15 is 0 Å². The smallest absolute Gasteiger partial charge is 0.227 e. The molecule has 3 aromatic carbocycles. The van der Waals surface area contributed by atoms with Gasteiger partial charge in [-0.25, -0.2) is 5.84 Å². The summed E-state index contributed by atoms with van der Waals surface area (Å²) in [4.78, 5) is 15.2. The zero-order valence-electron chi connectivity index (χ0n) is 20.3. The van der Waals surface area contributed by atoms with Gasteiger partial charge in [0.1, 0.15) is 17.2 Å². The van der Waals surface area contributed by atoms with Crippen LogP contribution >= 0.6 is 0 Å². The molecule has 3 rings (SSSR count). The Labute approximate surface area is 205 Å². The van der Waals surface area contributed by atoms with Gasteiger partial charge in [-0.1, -0.05) is 30.3 Å². The van der Waals surface area contributed by atoms with Gasteiger partial charge in [-0.05, 0) is 47.5 Å². The van der Waals surface area contributed by atoms with Gasteiger partial charge < -0.3 is 30.2 Å². The molecule has 0 unspecified atom stereocenters. The molecule has 8 heteroatoms. The zero-order valence-corrected chi connectivity index (χ0v) is 20.3. The minimum absolute atomic E-state index is 0.0908. The number of ether oxygens (including phenoxy) is 2. The molecule has 0 atom stereocenters. The lowest BCUT2D eigenvalue weighted by Gasteiger charge is -2.29. The summed E-state index contributed by atoms with van der Waals surface area (Å²) in [6.45, 7) is 0.444. The molecule has 0 saturated heterocycles. The molecule has 35 heavy (non-hydrogen) atoms.